The summed E-state index contributed by atoms with van der Waals surface area (Å²) in [7, 11) is 0. The van der Waals surface area contributed by atoms with Crippen LogP contribution in [0.2, 0.25) is 0 Å². The van der Waals surface area contributed by atoms with Crippen molar-refractivity contribution in [1.29, 1.82) is 0 Å². The van der Waals surface area contributed by atoms with Gasteiger partial charge in [0.1, 0.15) is 0 Å². The van der Waals surface area contributed by atoms with E-state index >= 15 is 0 Å². The van der Waals surface area contributed by atoms with Gasteiger partial charge in [-0.25, -0.2) is 0 Å². The van der Waals surface area contributed by atoms with Crippen molar-refractivity contribution < 1.29 is 4.79 Å². The maximum Gasteiger partial charge on any atom is 0.252 e. The van der Waals surface area contributed by atoms with Gasteiger partial charge in [0.05, 0.1) is 5.56 Å². The zero-order valence-corrected chi connectivity index (χ0v) is 11.1. The summed E-state index contributed by atoms with van der Waals surface area (Å²) in [6.07, 6.45) is 2.75. The topological polar surface area (TPSA) is 29.1 Å². The summed E-state index contributed by atoms with van der Waals surface area (Å²) in [5.41, 5.74) is 0.734. The number of thioether (sulfide) groups is 1. The smallest absolute Gasteiger partial charge is 0.252 e. The standard InChI is InChI=1S/C12H16ClNOS/c1-9(13)7-8-14-12(15)10-5-3-4-6-11(10)16-2/h3-6,9H,7-8H2,1-2H3,(H,14,15). The molecule has 0 aliphatic rings. The molecule has 1 aromatic rings. The Morgan fingerprint density at radius 2 is 2.19 bits per heavy atom. The van der Waals surface area contributed by atoms with Crippen LogP contribution in [0.15, 0.2) is 29.2 Å². The molecule has 1 rings (SSSR count). The van der Waals surface area contributed by atoms with Gasteiger partial charge in [-0.15, -0.1) is 23.4 Å². The molecule has 0 saturated carbocycles. The fourth-order valence-electron chi connectivity index (χ4n) is 1.31. The molecule has 4 heteroatoms. The molecule has 0 bridgehead atoms. The van der Waals surface area contributed by atoms with E-state index in [9.17, 15) is 4.79 Å². The zero-order valence-electron chi connectivity index (χ0n) is 9.50. The molecule has 1 unspecified atom stereocenters. The number of hydrogen-bond donors (Lipinski definition) is 1. The predicted octanol–water partition coefficient (Wildman–Crippen LogP) is 3.16. The number of hydrogen-bond acceptors (Lipinski definition) is 2. The number of benzene rings is 1. The van der Waals surface area contributed by atoms with E-state index in [1.807, 2.05) is 37.4 Å². The molecule has 1 amide bonds. The van der Waals surface area contributed by atoms with Crippen molar-refractivity contribution in [3.8, 4) is 0 Å². The van der Waals surface area contributed by atoms with Crippen molar-refractivity contribution in [2.45, 2.75) is 23.6 Å². The lowest BCUT2D eigenvalue weighted by molar-refractivity contribution is 0.0950. The second-order valence-corrected chi connectivity index (χ2v) is 5.12. The highest BCUT2D eigenvalue weighted by Crippen LogP contribution is 2.19. The molecule has 1 N–H and O–H groups in total. The molecule has 0 fully saturated rings. The SMILES string of the molecule is CSc1ccccc1C(=O)NCCC(C)Cl. The van der Waals surface area contributed by atoms with Gasteiger partial charge in [-0.05, 0) is 31.7 Å². The molecule has 0 radical (unpaired) electrons. The van der Waals surface area contributed by atoms with E-state index in [0.29, 0.717) is 6.54 Å². The van der Waals surface area contributed by atoms with Crippen LogP contribution in [-0.2, 0) is 0 Å². The molecule has 0 aliphatic carbocycles. The third-order valence-corrected chi connectivity index (χ3v) is 3.19. The highest BCUT2D eigenvalue weighted by Gasteiger charge is 2.09. The lowest BCUT2D eigenvalue weighted by Gasteiger charge is -2.08. The Hall–Kier alpha value is -0.670. The minimum Gasteiger partial charge on any atom is -0.352 e. The monoisotopic (exact) mass is 257 g/mol. The number of carbonyl (C=O) groups is 1. The van der Waals surface area contributed by atoms with Gasteiger partial charge < -0.3 is 5.32 Å². The van der Waals surface area contributed by atoms with Crippen LogP contribution in [0.25, 0.3) is 0 Å². The van der Waals surface area contributed by atoms with E-state index in [-0.39, 0.29) is 11.3 Å². The Morgan fingerprint density at radius 3 is 2.81 bits per heavy atom. The van der Waals surface area contributed by atoms with Gasteiger partial charge in [0.25, 0.3) is 5.91 Å². The average molecular weight is 258 g/mol. The van der Waals surface area contributed by atoms with E-state index in [1.54, 1.807) is 11.8 Å². The lowest BCUT2D eigenvalue weighted by atomic mass is 10.2. The molecule has 88 valence electrons. The molecular formula is C12H16ClNOS. The first-order valence-electron chi connectivity index (χ1n) is 5.20. The Kier molecular flexibility index (Phi) is 5.71. The van der Waals surface area contributed by atoms with Crippen molar-refractivity contribution in [2.75, 3.05) is 12.8 Å². The maximum absolute atomic E-state index is 11.8. The van der Waals surface area contributed by atoms with Crippen LogP contribution in [-0.4, -0.2) is 24.1 Å². The van der Waals surface area contributed by atoms with Crippen molar-refractivity contribution in [3.63, 3.8) is 0 Å². The number of nitrogens with one attached hydrogen (secondary N) is 1. The Morgan fingerprint density at radius 1 is 1.50 bits per heavy atom. The minimum absolute atomic E-state index is 0.0257. The molecule has 0 spiro atoms. The quantitative estimate of drug-likeness (QED) is 0.649. The van der Waals surface area contributed by atoms with Crippen LogP contribution in [0.1, 0.15) is 23.7 Å². The van der Waals surface area contributed by atoms with Crippen LogP contribution < -0.4 is 5.32 Å². The average Bonchev–Trinajstić information content (AvgIpc) is 2.28. The predicted molar refractivity (Wildman–Crippen MR) is 70.5 cm³/mol. The second-order valence-electron chi connectivity index (χ2n) is 3.53. The van der Waals surface area contributed by atoms with Gasteiger partial charge in [-0.2, -0.15) is 0 Å². The van der Waals surface area contributed by atoms with Gasteiger partial charge >= 0.3 is 0 Å². The van der Waals surface area contributed by atoms with Gasteiger partial charge in [0, 0.05) is 16.8 Å². The fraction of sp³-hybridized carbons (Fsp3) is 0.417. The molecule has 0 heterocycles. The molecule has 2 nitrogen and oxygen atoms in total. The molecule has 1 aromatic carbocycles. The van der Waals surface area contributed by atoms with Gasteiger partial charge in [0.2, 0.25) is 0 Å². The largest absolute Gasteiger partial charge is 0.352 e. The normalized spacial score (nSPS) is 12.2. The van der Waals surface area contributed by atoms with E-state index < -0.39 is 0 Å². The van der Waals surface area contributed by atoms with Gasteiger partial charge in [0.15, 0.2) is 0 Å². The first-order valence-corrected chi connectivity index (χ1v) is 6.86. The van der Waals surface area contributed by atoms with E-state index in [1.165, 1.54) is 0 Å². The van der Waals surface area contributed by atoms with Crippen molar-refractivity contribution in [2.24, 2.45) is 0 Å². The zero-order chi connectivity index (χ0) is 12.0. The van der Waals surface area contributed by atoms with Crippen LogP contribution in [0, 0.1) is 0 Å². The fourth-order valence-corrected chi connectivity index (χ4v) is 2.02. The van der Waals surface area contributed by atoms with Crippen LogP contribution in [0.4, 0.5) is 0 Å². The Balaban J connectivity index is 2.59. The van der Waals surface area contributed by atoms with E-state index in [2.05, 4.69) is 5.32 Å². The molecular weight excluding hydrogens is 242 g/mol. The summed E-state index contributed by atoms with van der Waals surface area (Å²) in [5, 5.41) is 2.96. The Bertz CT molecular complexity index is 355. The van der Waals surface area contributed by atoms with Crippen molar-refractivity contribution >= 4 is 29.3 Å². The van der Waals surface area contributed by atoms with E-state index in [0.717, 1.165) is 16.9 Å². The van der Waals surface area contributed by atoms with Gasteiger partial charge in [-0.1, -0.05) is 12.1 Å². The molecule has 16 heavy (non-hydrogen) atoms. The summed E-state index contributed by atoms with van der Waals surface area (Å²) < 4.78 is 0. The summed E-state index contributed by atoms with van der Waals surface area (Å²) in [5.74, 6) is -0.0257. The van der Waals surface area contributed by atoms with Crippen LogP contribution >= 0.6 is 23.4 Å². The van der Waals surface area contributed by atoms with Crippen LogP contribution in [0.5, 0.6) is 0 Å². The summed E-state index contributed by atoms with van der Waals surface area (Å²) in [6, 6.07) is 7.59. The van der Waals surface area contributed by atoms with E-state index in [4.69, 9.17) is 11.6 Å². The minimum atomic E-state index is -0.0257. The second kappa shape index (κ2) is 6.81. The summed E-state index contributed by atoms with van der Waals surface area (Å²) in [4.78, 5) is 12.8. The first kappa shape index (κ1) is 13.4. The molecule has 0 aliphatic heterocycles. The first-order chi connectivity index (χ1) is 7.65. The van der Waals surface area contributed by atoms with Gasteiger partial charge in [-0.3, -0.25) is 4.79 Å². The number of carbonyl (C=O) groups excluding carboxylic acids is 1. The highest BCUT2D eigenvalue weighted by atomic mass is 35.5. The lowest BCUT2D eigenvalue weighted by Crippen LogP contribution is -2.26. The number of rotatable bonds is 5. The Labute approximate surface area is 106 Å². The highest BCUT2D eigenvalue weighted by molar-refractivity contribution is 7.98. The number of amides is 1. The number of alkyl halides is 1. The summed E-state index contributed by atoms with van der Waals surface area (Å²) in [6.45, 7) is 2.54. The van der Waals surface area contributed by atoms with Crippen molar-refractivity contribution in [1.82, 2.24) is 5.32 Å². The molecule has 0 saturated heterocycles. The summed E-state index contributed by atoms with van der Waals surface area (Å²) >= 11 is 7.39. The number of halogens is 1. The third-order valence-electron chi connectivity index (χ3n) is 2.18. The maximum atomic E-state index is 11.8. The van der Waals surface area contributed by atoms with Crippen LogP contribution in [0.3, 0.4) is 0 Å². The molecule has 1 atom stereocenters. The third kappa shape index (κ3) is 4.06. The van der Waals surface area contributed by atoms with Crippen molar-refractivity contribution in [3.05, 3.63) is 29.8 Å². The molecule has 0 aromatic heterocycles.